The van der Waals surface area contributed by atoms with Crippen LogP contribution in [0, 0.1) is 0 Å². The molecular weight excluding hydrogens is 256 g/mol. The predicted octanol–water partition coefficient (Wildman–Crippen LogP) is 2.66. The van der Waals surface area contributed by atoms with Crippen molar-refractivity contribution in [1.29, 1.82) is 0 Å². The highest BCUT2D eigenvalue weighted by molar-refractivity contribution is 6.29. The van der Waals surface area contributed by atoms with E-state index in [1.165, 1.54) is 12.1 Å². The van der Waals surface area contributed by atoms with Gasteiger partial charge in [0, 0.05) is 19.2 Å². The lowest BCUT2D eigenvalue weighted by Crippen LogP contribution is -2.18. The summed E-state index contributed by atoms with van der Waals surface area (Å²) in [6.07, 6.45) is 3.20. The second kappa shape index (κ2) is 5.10. The number of carbonyl (C=O) groups is 1. The van der Waals surface area contributed by atoms with Crippen LogP contribution in [-0.4, -0.2) is 23.1 Å². The lowest BCUT2D eigenvalue weighted by Gasteiger charge is -2.17. The number of rotatable bonds is 4. The summed E-state index contributed by atoms with van der Waals surface area (Å²) in [5, 5.41) is 9.11. The molecule has 0 aliphatic heterocycles. The van der Waals surface area contributed by atoms with E-state index in [2.05, 4.69) is 4.98 Å². The van der Waals surface area contributed by atoms with Gasteiger partial charge in [0.2, 0.25) is 0 Å². The first-order valence-electron chi connectivity index (χ1n) is 5.19. The third-order valence-electron chi connectivity index (χ3n) is 2.42. The van der Waals surface area contributed by atoms with Crippen LogP contribution in [-0.2, 0) is 6.54 Å². The van der Waals surface area contributed by atoms with Gasteiger partial charge < -0.3 is 14.4 Å². The van der Waals surface area contributed by atoms with Crippen LogP contribution in [0.5, 0.6) is 0 Å². The zero-order chi connectivity index (χ0) is 13.1. The molecule has 0 spiro atoms. The van der Waals surface area contributed by atoms with Crippen LogP contribution in [0.15, 0.2) is 35.1 Å². The van der Waals surface area contributed by atoms with E-state index >= 15 is 0 Å². The van der Waals surface area contributed by atoms with Crippen molar-refractivity contribution < 1.29 is 14.3 Å². The molecule has 0 aromatic carbocycles. The Balaban J connectivity index is 2.24. The Labute approximate surface area is 109 Å². The van der Waals surface area contributed by atoms with Crippen LogP contribution < -0.4 is 4.90 Å². The standard InChI is InChI=1S/C12H11ClN2O3/c1-15(6-8-2-3-18-7-8)11-5-9(12(16)17)4-10(13)14-11/h2-5,7H,6H2,1H3,(H,16,17). The molecule has 6 heteroatoms. The van der Waals surface area contributed by atoms with Gasteiger partial charge in [-0.2, -0.15) is 0 Å². The minimum absolute atomic E-state index is 0.115. The zero-order valence-electron chi connectivity index (χ0n) is 9.63. The average Bonchev–Trinajstić information content (AvgIpc) is 2.80. The number of furan rings is 1. The maximum Gasteiger partial charge on any atom is 0.335 e. The SMILES string of the molecule is CN(Cc1ccoc1)c1cc(C(=O)O)cc(Cl)n1. The first-order valence-corrected chi connectivity index (χ1v) is 5.57. The summed E-state index contributed by atoms with van der Waals surface area (Å²) in [5.74, 6) is -0.529. The average molecular weight is 267 g/mol. The number of anilines is 1. The van der Waals surface area contributed by atoms with Crippen molar-refractivity contribution in [2.45, 2.75) is 6.54 Å². The highest BCUT2D eigenvalue weighted by Gasteiger charge is 2.11. The largest absolute Gasteiger partial charge is 0.478 e. The number of carboxylic acids is 1. The molecule has 0 aliphatic carbocycles. The molecule has 0 fully saturated rings. The maximum absolute atomic E-state index is 10.9. The molecule has 94 valence electrons. The van der Waals surface area contributed by atoms with Gasteiger partial charge in [-0.1, -0.05) is 11.6 Å². The summed E-state index contributed by atoms with van der Waals surface area (Å²) in [6.45, 7) is 0.558. The van der Waals surface area contributed by atoms with Crippen molar-refractivity contribution in [2.75, 3.05) is 11.9 Å². The highest BCUT2D eigenvalue weighted by Crippen LogP contribution is 2.19. The minimum atomic E-state index is -1.03. The molecule has 0 saturated heterocycles. The maximum atomic E-state index is 10.9. The van der Waals surface area contributed by atoms with Gasteiger partial charge >= 0.3 is 5.97 Å². The van der Waals surface area contributed by atoms with Crippen LogP contribution in [0.3, 0.4) is 0 Å². The molecule has 1 N–H and O–H groups in total. The van der Waals surface area contributed by atoms with Crippen LogP contribution in [0.2, 0.25) is 5.15 Å². The summed E-state index contributed by atoms with van der Waals surface area (Å²) < 4.78 is 4.97. The van der Waals surface area contributed by atoms with Crippen molar-refractivity contribution in [3.63, 3.8) is 0 Å². The number of aromatic carboxylic acids is 1. The van der Waals surface area contributed by atoms with Crippen LogP contribution in [0.4, 0.5) is 5.82 Å². The van der Waals surface area contributed by atoms with Crippen molar-refractivity contribution in [3.05, 3.63) is 47.0 Å². The molecule has 0 atom stereocenters. The topological polar surface area (TPSA) is 66.6 Å². The molecule has 0 unspecified atom stereocenters. The smallest absolute Gasteiger partial charge is 0.335 e. The molecule has 0 radical (unpaired) electrons. The number of pyridine rings is 1. The van der Waals surface area contributed by atoms with Gasteiger partial charge in [-0.15, -0.1) is 0 Å². The van der Waals surface area contributed by atoms with E-state index in [0.717, 1.165) is 5.56 Å². The van der Waals surface area contributed by atoms with Crippen LogP contribution >= 0.6 is 11.6 Å². The summed E-state index contributed by atoms with van der Waals surface area (Å²) in [7, 11) is 1.80. The normalized spacial score (nSPS) is 10.3. The van der Waals surface area contributed by atoms with Crippen LogP contribution in [0.1, 0.15) is 15.9 Å². The third kappa shape index (κ3) is 2.81. The molecule has 18 heavy (non-hydrogen) atoms. The Kier molecular flexibility index (Phi) is 3.53. The lowest BCUT2D eigenvalue weighted by molar-refractivity contribution is 0.0697. The second-order valence-corrected chi connectivity index (χ2v) is 4.22. The van der Waals surface area contributed by atoms with Gasteiger partial charge in [0.05, 0.1) is 18.1 Å². The number of aromatic nitrogens is 1. The molecule has 0 bridgehead atoms. The van der Waals surface area contributed by atoms with E-state index < -0.39 is 5.97 Å². The van der Waals surface area contributed by atoms with Gasteiger partial charge in [-0.05, 0) is 18.2 Å². The fourth-order valence-electron chi connectivity index (χ4n) is 1.54. The van der Waals surface area contributed by atoms with Crippen molar-refractivity contribution in [2.24, 2.45) is 0 Å². The van der Waals surface area contributed by atoms with E-state index in [4.69, 9.17) is 21.1 Å². The van der Waals surface area contributed by atoms with E-state index in [0.29, 0.717) is 12.4 Å². The molecule has 2 aromatic heterocycles. The summed E-state index contributed by atoms with van der Waals surface area (Å²) in [6, 6.07) is 4.63. The Bertz CT molecular complexity index is 554. The zero-order valence-corrected chi connectivity index (χ0v) is 10.4. The molecule has 0 saturated carbocycles. The van der Waals surface area contributed by atoms with Crippen molar-refractivity contribution in [3.8, 4) is 0 Å². The Hall–Kier alpha value is -2.01. The van der Waals surface area contributed by atoms with Gasteiger partial charge in [-0.3, -0.25) is 0 Å². The summed E-state index contributed by atoms with van der Waals surface area (Å²) in [5.41, 5.74) is 1.08. The van der Waals surface area contributed by atoms with Gasteiger partial charge in [-0.25, -0.2) is 9.78 Å². The molecule has 0 amide bonds. The van der Waals surface area contributed by atoms with Crippen LogP contribution in [0.25, 0.3) is 0 Å². The monoisotopic (exact) mass is 266 g/mol. The summed E-state index contributed by atoms with van der Waals surface area (Å²) in [4.78, 5) is 16.8. The predicted molar refractivity (Wildman–Crippen MR) is 67.0 cm³/mol. The Morgan fingerprint density at radius 3 is 2.94 bits per heavy atom. The number of halogens is 1. The molecule has 5 nitrogen and oxygen atoms in total. The Morgan fingerprint density at radius 2 is 2.33 bits per heavy atom. The fourth-order valence-corrected chi connectivity index (χ4v) is 1.74. The molecule has 0 aliphatic rings. The van der Waals surface area contributed by atoms with Gasteiger partial charge in [0.15, 0.2) is 0 Å². The molecule has 2 heterocycles. The quantitative estimate of drug-likeness (QED) is 0.862. The highest BCUT2D eigenvalue weighted by atomic mass is 35.5. The number of nitrogens with zero attached hydrogens (tertiary/aromatic N) is 2. The van der Waals surface area contributed by atoms with Crippen molar-refractivity contribution >= 4 is 23.4 Å². The molecular formula is C12H11ClN2O3. The van der Waals surface area contributed by atoms with Gasteiger partial charge in [0.1, 0.15) is 11.0 Å². The number of hydrogen-bond donors (Lipinski definition) is 1. The van der Waals surface area contributed by atoms with E-state index in [-0.39, 0.29) is 10.7 Å². The first-order chi connectivity index (χ1) is 8.56. The van der Waals surface area contributed by atoms with Gasteiger partial charge in [0.25, 0.3) is 0 Å². The third-order valence-corrected chi connectivity index (χ3v) is 2.61. The number of hydrogen-bond acceptors (Lipinski definition) is 4. The molecule has 2 aromatic rings. The van der Waals surface area contributed by atoms with E-state index in [9.17, 15) is 4.79 Å². The van der Waals surface area contributed by atoms with Crippen molar-refractivity contribution in [1.82, 2.24) is 4.98 Å². The second-order valence-electron chi connectivity index (χ2n) is 3.83. The van der Waals surface area contributed by atoms with E-state index in [1.54, 1.807) is 24.5 Å². The molecule has 2 rings (SSSR count). The minimum Gasteiger partial charge on any atom is -0.478 e. The lowest BCUT2D eigenvalue weighted by atomic mass is 10.2. The fraction of sp³-hybridized carbons (Fsp3) is 0.167. The number of carboxylic acid groups (broad SMARTS) is 1. The van der Waals surface area contributed by atoms with E-state index in [1.807, 2.05) is 6.07 Å². The summed E-state index contributed by atoms with van der Waals surface area (Å²) >= 11 is 5.80. The first kappa shape index (κ1) is 12.4. The Morgan fingerprint density at radius 1 is 1.56 bits per heavy atom.